The third kappa shape index (κ3) is 4.60. The molecule has 0 radical (unpaired) electrons. The molecular weight excluding hydrogens is 396 g/mol. The van der Waals surface area contributed by atoms with Crippen LogP contribution in [0.25, 0.3) is 10.7 Å². The summed E-state index contributed by atoms with van der Waals surface area (Å²) < 4.78 is 7.01. The average Bonchev–Trinajstić information content (AvgIpc) is 3.36. The normalized spacial score (nSPS) is 10.6. The molecule has 3 aromatic rings. The second kappa shape index (κ2) is 9.52. The van der Waals surface area contributed by atoms with E-state index >= 15 is 0 Å². The lowest BCUT2D eigenvalue weighted by molar-refractivity contribution is -0.113. The van der Waals surface area contributed by atoms with Crippen LogP contribution < -0.4 is 5.32 Å². The number of nitrogens with one attached hydrogen (secondary N) is 1. The maximum absolute atomic E-state index is 12.4. The summed E-state index contributed by atoms with van der Waals surface area (Å²) in [7, 11) is 0. The van der Waals surface area contributed by atoms with Gasteiger partial charge in [0.2, 0.25) is 5.91 Å². The van der Waals surface area contributed by atoms with Crippen LogP contribution in [0.15, 0.2) is 46.9 Å². The van der Waals surface area contributed by atoms with Crippen molar-refractivity contribution in [2.45, 2.75) is 25.5 Å². The SMILES string of the molecule is CCOC(=O)c1ccccc1NC(=O)CSc1nnc(-c2cccs2)n1CC. The summed E-state index contributed by atoms with van der Waals surface area (Å²) >= 11 is 2.90. The Morgan fingerprint density at radius 2 is 2.00 bits per heavy atom. The molecule has 1 N–H and O–H groups in total. The van der Waals surface area contributed by atoms with E-state index in [1.165, 1.54) is 11.8 Å². The van der Waals surface area contributed by atoms with Crippen LogP contribution in [0.2, 0.25) is 0 Å². The van der Waals surface area contributed by atoms with Gasteiger partial charge in [-0.15, -0.1) is 21.5 Å². The molecule has 9 heteroatoms. The van der Waals surface area contributed by atoms with Crippen LogP contribution in [0, 0.1) is 0 Å². The number of carbonyl (C=O) groups excluding carboxylic acids is 2. The Balaban J connectivity index is 1.67. The Morgan fingerprint density at radius 3 is 2.71 bits per heavy atom. The lowest BCUT2D eigenvalue weighted by Crippen LogP contribution is -2.17. The van der Waals surface area contributed by atoms with Crippen molar-refractivity contribution in [3.05, 3.63) is 47.3 Å². The first-order valence-corrected chi connectivity index (χ1v) is 10.7. The number of hydrogen-bond donors (Lipinski definition) is 1. The van der Waals surface area contributed by atoms with Crippen LogP contribution in [-0.4, -0.2) is 39.0 Å². The van der Waals surface area contributed by atoms with E-state index in [-0.39, 0.29) is 18.3 Å². The van der Waals surface area contributed by atoms with E-state index in [1.54, 1.807) is 42.5 Å². The number of ether oxygens (including phenoxy) is 1. The van der Waals surface area contributed by atoms with E-state index in [2.05, 4.69) is 15.5 Å². The van der Waals surface area contributed by atoms with Gasteiger partial charge in [-0.3, -0.25) is 4.79 Å². The summed E-state index contributed by atoms with van der Waals surface area (Å²) in [4.78, 5) is 25.5. The minimum atomic E-state index is -0.461. The highest BCUT2D eigenvalue weighted by atomic mass is 32.2. The Bertz CT molecular complexity index is 954. The van der Waals surface area contributed by atoms with E-state index in [1.807, 2.05) is 29.0 Å². The first-order chi connectivity index (χ1) is 13.6. The highest BCUT2D eigenvalue weighted by molar-refractivity contribution is 7.99. The largest absolute Gasteiger partial charge is 0.462 e. The van der Waals surface area contributed by atoms with Gasteiger partial charge in [-0.2, -0.15) is 0 Å². The van der Waals surface area contributed by atoms with Crippen molar-refractivity contribution >= 4 is 40.7 Å². The smallest absolute Gasteiger partial charge is 0.340 e. The summed E-state index contributed by atoms with van der Waals surface area (Å²) in [5.74, 6) is 0.259. The van der Waals surface area contributed by atoms with Crippen molar-refractivity contribution in [2.75, 3.05) is 17.7 Å². The van der Waals surface area contributed by atoms with Gasteiger partial charge < -0.3 is 14.6 Å². The maximum Gasteiger partial charge on any atom is 0.340 e. The van der Waals surface area contributed by atoms with Crippen molar-refractivity contribution in [1.29, 1.82) is 0 Å². The van der Waals surface area contributed by atoms with Gasteiger partial charge in [0.1, 0.15) is 0 Å². The number of aromatic nitrogens is 3. The van der Waals surface area contributed by atoms with Gasteiger partial charge in [-0.25, -0.2) is 4.79 Å². The Kier molecular flexibility index (Phi) is 6.83. The van der Waals surface area contributed by atoms with Crippen molar-refractivity contribution in [3.63, 3.8) is 0 Å². The molecule has 146 valence electrons. The average molecular weight is 417 g/mol. The number of esters is 1. The van der Waals surface area contributed by atoms with Crippen molar-refractivity contribution in [2.24, 2.45) is 0 Å². The van der Waals surface area contributed by atoms with Gasteiger partial charge >= 0.3 is 5.97 Å². The zero-order valence-electron chi connectivity index (χ0n) is 15.5. The molecule has 0 saturated carbocycles. The van der Waals surface area contributed by atoms with Crippen LogP contribution in [0.3, 0.4) is 0 Å². The van der Waals surface area contributed by atoms with E-state index in [0.29, 0.717) is 23.0 Å². The number of nitrogens with zero attached hydrogens (tertiary/aromatic N) is 3. The molecule has 0 aliphatic heterocycles. The molecule has 2 aromatic heterocycles. The topological polar surface area (TPSA) is 86.1 Å². The monoisotopic (exact) mass is 416 g/mol. The number of hydrogen-bond acceptors (Lipinski definition) is 7. The minimum absolute atomic E-state index is 0.153. The molecule has 0 spiro atoms. The zero-order chi connectivity index (χ0) is 19.9. The summed E-state index contributed by atoms with van der Waals surface area (Å²) in [6, 6.07) is 10.8. The fraction of sp³-hybridized carbons (Fsp3) is 0.263. The van der Waals surface area contributed by atoms with Crippen LogP contribution in [0.1, 0.15) is 24.2 Å². The van der Waals surface area contributed by atoms with Gasteiger partial charge in [-0.05, 0) is 37.4 Å². The number of para-hydroxylation sites is 1. The van der Waals surface area contributed by atoms with Gasteiger partial charge in [0.25, 0.3) is 0 Å². The summed E-state index contributed by atoms with van der Waals surface area (Å²) in [5, 5.41) is 13.9. The van der Waals surface area contributed by atoms with Crippen LogP contribution >= 0.6 is 23.1 Å². The molecule has 1 aromatic carbocycles. The quantitative estimate of drug-likeness (QED) is 0.442. The molecule has 0 aliphatic rings. The molecule has 0 saturated heterocycles. The number of anilines is 1. The first-order valence-electron chi connectivity index (χ1n) is 8.79. The summed E-state index contributed by atoms with van der Waals surface area (Å²) in [6.45, 7) is 4.73. The predicted octanol–water partition coefficient (Wildman–Crippen LogP) is 3.93. The number of amides is 1. The molecule has 0 atom stereocenters. The first kappa shape index (κ1) is 20.1. The van der Waals surface area contributed by atoms with E-state index in [9.17, 15) is 9.59 Å². The molecule has 28 heavy (non-hydrogen) atoms. The molecule has 0 bridgehead atoms. The second-order valence-corrected chi connectivity index (χ2v) is 7.52. The van der Waals surface area contributed by atoms with Crippen LogP contribution in [0.5, 0.6) is 0 Å². The lowest BCUT2D eigenvalue weighted by Gasteiger charge is -2.10. The molecular formula is C19H20N4O3S2. The number of benzene rings is 1. The Hall–Kier alpha value is -2.65. The fourth-order valence-corrected chi connectivity index (χ4v) is 4.08. The molecule has 1 amide bonds. The second-order valence-electron chi connectivity index (χ2n) is 5.63. The van der Waals surface area contributed by atoms with Gasteiger partial charge in [0, 0.05) is 6.54 Å². The molecule has 0 unspecified atom stereocenters. The van der Waals surface area contributed by atoms with E-state index in [0.717, 1.165) is 10.7 Å². The summed E-state index contributed by atoms with van der Waals surface area (Å²) in [6.07, 6.45) is 0. The van der Waals surface area contributed by atoms with Crippen molar-refractivity contribution < 1.29 is 14.3 Å². The molecule has 0 fully saturated rings. The zero-order valence-corrected chi connectivity index (χ0v) is 17.2. The number of thiophene rings is 1. The third-order valence-electron chi connectivity index (χ3n) is 3.80. The molecule has 3 rings (SSSR count). The third-order valence-corrected chi connectivity index (χ3v) is 5.64. The highest BCUT2D eigenvalue weighted by Crippen LogP contribution is 2.27. The van der Waals surface area contributed by atoms with Crippen LogP contribution in [0.4, 0.5) is 5.69 Å². The van der Waals surface area contributed by atoms with Crippen molar-refractivity contribution in [1.82, 2.24) is 14.8 Å². The Morgan fingerprint density at radius 1 is 1.18 bits per heavy atom. The minimum Gasteiger partial charge on any atom is -0.462 e. The Labute approximate surface area is 171 Å². The van der Waals surface area contributed by atoms with Crippen LogP contribution in [-0.2, 0) is 16.1 Å². The van der Waals surface area contributed by atoms with Gasteiger partial charge in [-0.1, -0.05) is 30.0 Å². The van der Waals surface area contributed by atoms with Gasteiger partial charge in [0.15, 0.2) is 11.0 Å². The van der Waals surface area contributed by atoms with Gasteiger partial charge in [0.05, 0.1) is 28.5 Å². The molecule has 0 aliphatic carbocycles. The number of rotatable bonds is 8. The predicted molar refractivity (Wildman–Crippen MR) is 111 cm³/mol. The maximum atomic E-state index is 12.4. The van der Waals surface area contributed by atoms with E-state index < -0.39 is 5.97 Å². The standard InChI is InChI=1S/C19H20N4O3S2/c1-3-23-17(15-10-7-11-27-15)21-22-19(23)28-12-16(24)20-14-9-6-5-8-13(14)18(25)26-4-2/h5-11H,3-4,12H2,1-2H3,(H,20,24). The highest BCUT2D eigenvalue weighted by Gasteiger charge is 2.17. The van der Waals surface area contributed by atoms with E-state index in [4.69, 9.17) is 4.74 Å². The number of carbonyl (C=O) groups is 2. The molecule has 2 heterocycles. The number of thioether (sulfide) groups is 1. The fourth-order valence-electron chi connectivity index (χ4n) is 2.56. The van der Waals surface area contributed by atoms with Crippen molar-refractivity contribution in [3.8, 4) is 10.7 Å². The molecule has 7 nitrogen and oxygen atoms in total. The lowest BCUT2D eigenvalue weighted by atomic mass is 10.2. The summed E-state index contributed by atoms with van der Waals surface area (Å²) in [5.41, 5.74) is 0.766.